The van der Waals surface area contributed by atoms with Gasteiger partial charge in [0.05, 0.1) is 25.0 Å². The first-order valence-corrected chi connectivity index (χ1v) is 11.4. The topological polar surface area (TPSA) is 99.2 Å². The number of carbonyl (C=O) groups is 4. The molecule has 8 nitrogen and oxygen atoms in total. The fraction of sp³-hybridized carbons (Fsp3) is 0.520. The zero-order valence-corrected chi connectivity index (χ0v) is 18.9. The highest BCUT2D eigenvalue weighted by Gasteiger charge is 2.59. The summed E-state index contributed by atoms with van der Waals surface area (Å²) in [6.07, 6.45) is 4.86. The van der Waals surface area contributed by atoms with Gasteiger partial charge in [-0.3, -0.25) is 14.4 Å². The van der Waals surface area contributed by atoms with Crippen molar-refractivity contribution in [2.24, 2.45) is 23.7 Å². The summed E-state index contributed by atoms with van der Waals surface area (Å²) in [6.45, 7) is 1.13. The molecule has 1 heterocycles. The highest BCUT2D eigenvalue weighted by Crippen LogP contribution is 2.50. The molecule has 8 heteroatoms. The van der Waals surface area contributed by atoms with Gasteiger partial charge < -0.3 is 14.2 Å². The smallest absolute Gasteiger partial charge is 0.417 e. The van der Waals surface area contributed by atoms with E-state index in [2.05, 4.69) is 0 Å². The molecule has 0 spiro atoms. The first-order valence-electron chi connectivity index (χ1n) is 11.4. The number of fused-ring (bicyclic) bond motifs is 2. The van der Waals surface area contributed by atoms with E-state index >= 15 is 0 Å². The fourth-order valence-electron chi connectivity index (χ4n) is 5.54. The number of carbonyl (C=O) groups excluding carboxylic acids is 4. The molecule has 1 saturated carbocycles. The summed E-state index contributed by atoms with van der Waals surface area (Å²) in [7, 11) is 1.32. The molecule has 1 saturated heterocycles. The molecular weight excluding hydrogens is 426 g/mol. The van der Waals surface area contributed by atoms with Crippen molar-refractivity contribution in [2.75, 3.05) is 13.7 Å². The number of ether oxygens (including phenoxy) is 3. The molecule has 0 N–H and O–H groups in total. The lowest BCUT2D eigenvalue weighted by Crippen LogP contribution is -2.43. The number of allylic oxidation sites excluding steroid dienone is 1. The Kier molecular flexibility index (Phi) is 6.81. The molecule has 2 aliphatic carbocycles. The maximum atomic E-state index is 13.6. The number of methoxy groups -OCH3 is 1. The molecule has 33 heavy (non-hydrogen) atoms. The van der Waals surface area contributed by atoms with Gasteiger partial charge >= 0.3 is 18.0 Å². The van der Waals surface area contributed by atoms with Gasteiger partial charge in [0.15, 0.2) is 0 Å². The van der Waals surface area contributed by atoms with E-state index in [9.17, 15) is 19.2 Å². The Hall–Kier alpha value is -3.16. The van der Waals surface area contributed by atoms with Crippen molar-refractivity contribution in [1.82, 2.24) is 4.90 Å². The van der Waals surface area contributed by atoms with Gasteiger partial charge in [-0.05, 0) is 30.7 Å². The van der Waals surface area contributed by atoms with E-state index in [1.165, 1.54) is 14.0 Å². The van der Waals surface area contributed by atoms with Crippen LogP contribution in [0.5, 0.6) is 0 Å². The Bertz CT molecular complexity index is 957. The molecule has 5 atom stereocenters. The molecule has 3 aliphatic rings. The molecular formula is C25H29NO7. The maximum absolute atomic E-state index is 13.6. The first-order chi connectivity index (χ1) is 15.9. The Morgan fingerprint density at radius 1 is 1.09 bits per heavy atom. The third-order valence-electron chi connectivity index (χ3n) is 6.98. The summed E-state index contributed by atoms with van der Waals surface area (Å²) >= 11 is 0. The van der Waals surface area contributed by atoms with Gasteiger partial charge in [0, 0.05) is 12.8 Å². The fourth-order valence-corrected chi connectivity index (χ4v) is 5.54. The molecule has 0 bridgehead atoms. The molecule has 0 radical (unpaired) electrons. The van der Waals surface area contributed by atoms with Crippen LogP contribution in [0.15, 0.2) is 42.0 Å². The quantitative estimate of drug-likeness (QED) is 0.382. The molecule has 4 rings (SSSR count). The minimum atomic E-state index is -0.805. The van der Waals surface area contributed by atoms with Gasteiger partial charge in [-0.15, -0.1) is 0 Å². The number of nitrogens with zero attached hydrogens (tertiary/aromatic N) is 1. The summed E-state index contributed by atoms with van der Waals surface area (Å²) in [5.41, 5.74) is 1.91. The molecule has 2 amide bonds. The second-order valence-corrected chi connectivity index (χ2v) is 8.86. The van der Waals surface area contributed by atoms with Crippen molar-refractivity contribution in [3.8, 4) is 0 Å². The Balaban J connectivity index is 1.65. The second kappa shape index (κ2) is 9.77. The van der Waals surface area contributed by atoms with Crippen LogP contribution in [0.1, 0.15) is 38.2 Å². The van der Waals surface area contributed by atoms with E-state index in [0.29, 0.717) is 0 Å². The first kappa shape index (κ1) is 23.0. The summed E-state index contributed by atoms with van der Waals surface area (Å²) < 4.78 is 15.8. The Morgan fingerprint density at radius 2 is 1.85 bits per heavy atom. The van der Waals surface area contributed by atoms with Crippen LogP contribution in [0, 0.1) is 23.7 Å². The van der Waals surface area contributed by atoms with Gasteiger partial charge in [-0.2, -0.15) is 0 Å². The number of hydrogen-bond donors (Lipinski definition) is 0. The van der Waals surface area contributed by atoms with Gasteiger partial charge in [-0.1, -0.05) is 48.4 Å². The molecule has 0 unspecified atom stereocenters. The van der Waals surface area contributed by atoms with Crippen molar-refractivity contribution < 1.29 is 33.4 Å². The van der Waals surface area contributed by atoms with Gasteiger partial charge in [0.25, 0.3) is 0 Å². The van der Waals surface area contributed by atoms with Crippen LogP contribution in [0.4, 0.5) is 4.79 Å². The lowest BCUT2D eigenvalue weighted by atomic mass is 9.63. The zero-order valence-electron chi connectivity index (χ0n) is 18.9. The molecule has 1 aromatic carbocycles. The molecule has 1 aromatic rings. The summed E-state index contributed by atoms with van der Waals surface area (Å²) in [5.74, 6) is -3.38. The third kappa shape index (κ3) is 4.51. The summed E-state index contributed by atoms with van der Waals surface area (Å²) in [4.78, 5) is 52.1. The zero-order chi connectivity index (χ0) is 23.5. The molecule has 2 fully saturated rings. The minimum absolute atomic E-state index is 0.00319. The van der Waals surface area contributed by atoms with Crippen LogP contribution in [0.2, 0.25) is 0 Å². The molecule has 176 valence electrons. The average Bonchev–Trinajstić information content (AvgIpc) is 3.10. The Morgan fingerprint density at radius 3 is 2.55 bits per heavy atom. The largest absolute Gasteiger partial charge is 0.469 e. The van der Waals surface area contributed by atoms with E-state index in [1.807, 2.05) is 36.4 Å². The van der Waals surface area contributed by atoms with Crippen LogP contribution in [-0.2, 0) is 35.2 Å². The van der Waals surface area contributed by atoms with Crippen molar-refractivity contribution in [3.05, 3.63) is 47.5 Å². The molecule has 1 aliphatic heterocycles. The van der Waals surface area contributed by atoms with Crippen LogP contribution >= 0.6 is 0 Å². The van der Waals surface area contributed by atoms with E-state index in [1.54, 1.807) is 0 Å². The third-order valence-corrected chi connectivity index (χ3v) is 6.98. The Labute approximate surface area is 192 Å². The number of likely N-dealkylation sites (tertiary alicyclic amines) is 1. The van der Waals surface area contributed by atoms with Crippen molar-refractivity contribution >= 4 is 23.9 Å². The predicted octanol–water partition coefficient (Wildman–Crippen LogP) is 3.25. The summed E-state index contributed by atoms with van der Waals surface area (Å²) in [6, 6.07) is 8.41. The van der Waals surface area contributed by atoms with E-state index < -0.39 is 47.7 Å². The monoisotopic (exact) mass is 455 g/mol. The normalized spacial score (nSPS) is 28.3. The van der Waals surface area contributed by atoms with Gasteiger partial charge in [0.2, 0.25) is 5.91 Å². The van der Waals surface area contributed by atoms with Crippen LogP contribution in [-0.4, -0.2) is 48.6 Å². The van der Waals surface area contributed by atoms with Crippen LogP contribution in [0.3, 0.4) is 0 Å². The van der Waals surface area contributed by atoms with Crippen molar-refractivity contribution in [3.63, 3.8) is 0 Å². The number of rotatable bonds is 5. The lowest BCUT2D eigenvalue weighted by molar-refractivity contribution is -0.154. The minimum Gasteiger partial charge on any atom is -0.469 e. The second-order valence-electron chi connectivity index (χ2n) is 8.86. The maximum Gasteiger partial charge on any atom is 0.417 e. The van der Waals surface area contributed by atoms with Gasteiger partial charge in [0.1, 0.15) is 13.2 Å². The number of hydrogen-bond acceptors (Lipinski definition) is 7. The number of benzene rings is 1. The molecule has 0 aromatic heterocycles. The van der Waals surface area contributed by atoms with E-state index in [4.69, 9.17) is 14.2 Å². The predicted molar refractivity (Wildman–Crippen MR) is 116 cm³/mol. The van der Waals surface area contributed by atoms with E-state index in [0.717, 1.165) is 41.7 Å². The lowest BCUT2D eigenvalue weighted by Gasteiger charge is -2.40. The number of imide groups is 1. The highest BCUT2D eigenvalue weighted by atomic mass is 16.6. The average molecular weight is 456 g/mol. The van der Waals surface area contributed by atoms with E-state index in [-0.39, 0.29) is 19.1 Å². The summed E-state index contributed by atoms with van der Waals surface area (Å²) in [5, 5.41) is 0. The van der Waals surface area contributed by atoms with Gasteiger partial charge in [-0.25, -0.2) is 9.69 Å². The van der Waals surface area contributed by atoms with Crippen molar-refractivity contribution in [1.29, 1.82) is 0 Å². The van der Waals surface area contributed by atoms with Crippen molar-refractivity contribution in [2.45, 2.75) is 45.3 Å². The van der Waals surface area contributed by atoms with Crippen LogP contribution < -0.4 is 0 Å². The van der Waals surface area contributed by atoms with Crippen LogP contribution in [0.25, 0.3) is 0 Å². The SMILES string of the molecule is COC(=O)[C@H]1[C@H]2C(=O)N(C(=O)OCc3ccccc3)[C@H](COC(C)=O)[C@H]2C=C2CCCC[C@H]21. The standard InChI is InChI=1S/C25H29NO7/c1-15(27)32-14-20-19-12-17-10-6-7-11-18(17)22(24(29)31-2)21(19)23(28)26(20)25(30)33-13-16-8-4-3-5-9-16/h3-5,8-9,12,18-22H,6-7,10-11,13-14H2,1-2H3/t18-,19-,20-,21+,22-/m1/s1. The highest BCUT2D eigenvalue weighted by molar-refractivity contribution is 5.98. The number of amides is 2. The number of esters is 2.